The van der Waals surface area contributed by atoms with E-state index in [9.17, 15) is 0 Å². The van der Waals surface area contributed by atoms with Gasteiger partial charge in [-0.2, -0.15) is 0 Å². The lowest BCUT2D eigenvalue weighted by Crippen LogP contribution is -2.00. The van der Waals surface area contributed by atoms with Gasteiger partial charge in [0.15, 0.2) is 0 Å². The Kier molecular flexibility index (Phi) is 3.11. The van der Waals surface area contributed by atoms with E-state index in [-0.39, 0.29) is 0 Å². The molecule has 0 aliphatic heterocycles. The zero-order chi connectivity index (χ0) is 14.1. The van der Waals surface area contributed by atoms with Gasteiger partial charge >= 0.3 is 0 Å². The maximum absolute atomic E-state index is 4.55. The zero-order valence-corrected chi connectivity index (χ0v) is 11.9. The molecular formula is C17H17N3. The SMILES string of the molecule is Cc1cccc(Nc2nc(C)nc3c(C)cccc23)c1. The van der Waals surface area contributed by atoms with E-state index >= 15 is 0 Å². The summed E-state index contributed by atoms with van der Waals surface area (Å²) in [5, 5.41) is 4.46. The molecule has 0 atom stereocenters. The van der Waals surface area contributed by atoms with Crippen molar-refractivity contribution in [2.75, 3.05) is 5.32 Å². The van der Waals surface area contributed by atoms with Crippen molar-refractivity contribution in [1.29, 1.82) is 0 Å². The Balaban J connectivity index is 2.14. The third-order valence-corrected chi connectivity index (χ3v) is 3.32. The largest absolute Gasteiger partial charge is 0.340 e. The van der Waals surface area contributed by atoms with Gasteiger partial charge in [-0.1, -0.05) is 24.3 Å². The summed E-state index contributed by atoms with van der Waals surface area (Å²) in [6.45, 7) is 6.08. The van der Waals surface area contributed by atoms with Gasteiger partial charge in [0.2, 0.25) is 0 Å². The molecule has 0 fully saturated rings. The summed E-state index contributed by atoms with van der Waals surface area (Å²) in [5.41, 5.74) is 4.45. The second-order valence-electron chi connectivity index (χ2n) is 5.08. The van der Waals surface area contributed by atoms with E-state index in [0.717, 1.165) is 28.2 Å². The van der Waals surface area contributed by atoms with Crippen LogP contribution in [0.5, 0.6) is 0 Å². The number of aromatic nitrogens is 2. The van der Waals surface area contributed by atoms with Crippen LogP contribution in [0.3, 0.4) is 0 Å². The quantitative estimate of drug-likeness (QED) is 0.749. The van der Waals surface area contributed by atoms with Gasteiger partial charge in [-0.25, -0.2) is 9.97 Å². The van der Waals surface area contributed by atoms with Crippen LogP contribution in [0.4, 0.5) is 11.5 Å². The van der Waals surface area contributed by atoms with Gasteiger partial charge in [-0.05, 0) is 50.1 Å². The predicted octanol–water partition coefficient (Wildman–Crippen LogP) is 4.30. The highest BCUT2D eigenvalue weighted by molar-refractivity contribution is 5.92. The van der Waals surface area contributed by atoms with Crippen molar-refractivity contribution in [3.63, 3.8) is 0 Å². The molecule has 3 heteroatoms. The lowest BCUT2D eigenvalue weighted by molar-refractivity contribution is 1.09. The second kappa shape index (κ2) is 4.93. The smallest absolute Gasteiger partial charge is 0.142 e. The van der Waals surface area contributed by atoms with Crippen molar-refractivity contribution in [1.82, 2.24) is 9.97 Å². The molecule has 0 bridgehead atoms. The summed E-state index contributed by atoms with van der Waals surface area (Å²) in [6, 6.07) is 14.5. The molecular weight excluding hydrogens is 246 g/mol. The number of hydrogen-bond acceptors (Lipinski definition) is 3. The minimum atomic E-state index is 0.780. The van der Waals surface area contributed by atoms with Crippen LogP contribution in [0.2, 0.25) is 0 Å². The first kappa shape index (κ1) is 12.6. The van der Waals surface area contributed by atoms with Gasteiger partial charge in [0.1, 0.15) is 11.6 Å². The van der Waals surface area contributed by atoms with E-state index < -0.39 is 0 Å². The van der Waals surface area contributed by atoms with Crippen LogP contribution < -0.4 is 5.32 Å². The molecule has 3 rings (SSSR count). The molecule has 3 nitrogen and oxygen atoms in total. The Labute approximate surface area is 118 Å². The molecule has 0 amide bonds. The molecule has 0 saturated heterocycles. The number of nitrogens with zero attached hydrogens (tertiary/aromatic N) is 2. The third-order valence-electron chi connectivity index (χ3n) is 3.32. The molecule has 100 valence electrons. The van der Waals surface area contributed by atoms with E-state index in [0.29, 0.717) is 0 Å². The Bertz CT molecular complexity index is 778. The van der Waals surface area contributed by atoms with Gasteiger partial charge in [-0.15, -0.1) is 0 Å². The van der Waals surface area contributed by atoms with E-state index in [1.54, 1.807) is 0 Å². The van der Waals surface area contributed by atoms with Gasteiger partial charge in [0.05, 0.1) is 5.52 Å². The summed E-state index contributed by atoms with van der Waals surface area (Å²) in [4.78, 5) is 9.09. The lowest BCUT2D eigenvalue weighted by Gasteiger charge is -2.11. The predicted molar refractivity (Wildman–Crippen MR) is 83.5 cm³/mol. The van der Waals surface area contributed by atoms with Crippen molar-refractivity contribution in [3.8, 4) is 0 Å². The first-order valence-corrected chi connectivity index (χ1v) is 6.71. The molecule has 0 spiro atoms. The first-order chi connectivity index (χ1) is 9.63. The maximum Gasteiger partial charge on any atom is 0.142 e. The maximum atomic E-state index is 4.55. The van der Waals surface area contributed by atoms with Crippen LogP contribution in [-0.2, 0) is 0 Å². The highest BCUT2D eigenvalue weighted by Crippen LogP contribution is 2.25. The number of fused-ring (bicyclic) bond motifs is 1. The fourth-order valence-corrected chi connectivity index (χ4v) is 2.36. The Hall–Kier alpha value is -2.42. The minimum Gasteiger partial charge on any atom is -0.340 e. The van der Waals surface area contributed by atoms with Crippen LogP contribution >= 0.6 is 0 Å². The van der Waals surface area contributed by atoms with Gasteiger partial charge in [0.25, 0.3) is 0 Å². The van der Waals surface area contributed by atoms with Gasteiger partial charge in [-0.3, -0.25) is 0 Å². The summed E-state index contributed by atoms with van der Waals surface area (Å²) in [5.74, 6) is 1.64. The van der Waals surface area contributed by atoms with Crippen molar-refractivity contribution >= 4 is 22.4 Å². The highest BCUT2D eigenvalue weighted by Gasteiger charge is 2.07. The average molecular weight is 263 g/mol. The fourth-order valence-electron chi connectivity index (χ4n) is 2.36. The van der Waals surface area contributed by atoms with Crippen LogP contribution in [0.15, 0.2) is 42.5 Å². The van der Waals surface area contributed by atoms with Crippen molar-refractivity contribution in [2.45, 2.75) is 20.8 Å². The second-order valence-corrected chi connectivity index (χ2v) is 5.08. The third kappa shape index (κ3) is 2.35. The van der Waals surface area contributed by atoms with E-state index in [2.05, 4.69) is 53.4 Å². The molecule has 0 saturated carbocycles. The minimum absolute atomic E-state index is 0.780. The average Bonchev–Trinajstić information content (AvgIpc) is 2.40. The topological polar surface area (TPSA) is 37.8 Å². The molecule has 1 aromatic heterocycles. The molecule has 0 aliphatic carbocycles. The molecule has 20 heavy (non-hydrogen) atoms. The normalized spacial score (nSPS) is 10.8. The first-order valence-electron chi connectivity index (χ1n) is 6.71. The lowest BCUT2D eigenvalue weighted by atomic mass is 10.1. The van der Waals surface area contributed by atoms with Gasteiger partial charge in [0, 0.05) is 11.1 Å². The molecule has 2 aromatic carbocycles. The number of para-hydroxylation sites is 1. The number of benzene rings is 2. The molecule has 0 aliphatic rings. The number of rotatable bonds is 2. The Morgan fingerprint density at radius 3 is 2.50 bits per heavy atom. The summed E-state index contributed by atoms with van der Waals surface area (Å²) < 4.78 is 0. The molecule has 0 radical (unpaired) electrons. The van der Waals surface area contributed by atoms with Crippen LogP contribution in [0.1, 0.15) is 17.0 Å². The zero-order valence-electron chi connectivity index (χ0n) is 11.9. The van der Waals surface area contributed by atoms with Crippen LogP contribution in [0, 0.1) is 20.8 Å². The number of anilines is 2. The Morgan fingerprint density at radius 2 is 1.70 bits per heavy atom. The van der Waals surface area contributed by atoms with E-state index in [1.807, 2.05) is 25.1 Å². The number of hydrogen-bond donors (Lipinski definition) is 1. The van der Waals surface area contributed by atoms with Crippen LogP contribution in [-0.4, -0.2) is 9.97 Å². The summed E-state index contributed by atoms with van der Waals surface area (Å²) in [6.07, 6.45) is 0. The molecule has 0 unspecified atom stereocenters. The standard InChI is InChI=1S/C17H17N3/c1-11-6-4-8-14(10-11)20-17-15-9-5-7-12(2)16(15)18-13(3)19-17/h4-10H,1-3H3,(H,18,19,20). The van der Waals surface area contributed by atoms with E-state index in [4.69, 9.17) is 0 Å². The monoisotopic (exact) mass is 263 g/mol. The number of aryl methyl sites for hydroxylation is 3. The summed E-state index contributed by atoms with van der Waals surface area (Å²) >= 11 is 0. The van der Waals surface area contributed by atoms with Crippen molar-refractivity contribution in [2.24, 2.45) is 0 Å². The highest BCUT2D eigenvalue weighted by atomic mass is 15.0. The fraction of sp³-hybridized carbons (Fsp3) is 0.176. The molecule has 1 N–H and O–H groups in total. The van der Waals surface area contributed by atoms with Crippen molar-refractivity contribution < 1.29 is 0 Å². The van der Waals surface area contributed by atoms with E-state index in [1.165, 1.54) is 11.1 Å². The Morgan fingerprint density at radius 1 is 0.900 bits per heavy atom. The van der Waals surface area contributed by atoms with Gasteiger partial charge < -0.3 is 5.32 Å². The molecule has 1 heterocycles. The molecule has 3 aromatic rings. The number of nitrogens with one attached hydrogen (secondary N) is 1. The van der Waals surface area contributed by atoms with Crippen LogP contribution in [0.25, 0.3) is 10.9 Å². The summed E-state index contributed by atoms with van der Waals surface area (Å²) in [7, 11) is 0. The van der Waals surface area contributed by atoms with Crippen molar-refractivity contribution in [3.05, 3.63) is 59.4 Å².